The van der Waals surface area contributed by atoms with Crippen LogP contribution in [0.1, 0.15) is 29.8 Å². The lowest BCUT2D eigenvalue weighted by Gasteiger charge is -2.04. The Kier molecular flexibility index (Phi) is 6.11. The van der Waals surface area contributed by atoms with Gasteiger partial charge >= 0.3 is 0 Å². The van der Waals surface area contributed by atoms with E-state index in [1.54, 1.807) is 23.0 Å². The van der Waals surface area contributed by atoms with Gasteiger partial charge in [0.15, 0.2) is 5.13 Å². The maximum atomic E-state index is 13.7. The summed E-state index contributed by atoms with van der Waals surface area (Å²) in [5.41, 5.74) is 4.12. The Bertz CT molecular complexity index is 1120. The standard InChI is InChI=1S/C18H11F2N3OS2.C2H6/c1-9-5-13-14(25-8-22-13)6-10(9)15-7-21-18(26-15)23-17(24)16-11(19)3-2-4-12(16)20;1-2/h2-8H,1H3,(H,21,23,24);1-2H3. The number of hydrogen-bond donors (Lipinski definition) is 1. The first-order valence-corrected chi connectivity index (χ1v) is 10.3. The van der Waals surface area contributed by atoms with E-state index in [1.165, 1.54) is 17.4 Å². The fraction of sp³-hybridized carbons (Fsp3) is 0.150. The molecule has 0 saturated heterocycles. The molecule has 0 aliphatic rings. The minimum atomic E-state index is -0.911. The second-order valence-corrected chi connectivity index (χ2v) is 7.48. The van der Waals surface area contributed by atoms with Crippen molar-refractivity contribution in [1.82, 2.24) is 9.97 Å². The van der Waals surface area contributed by atoms with Crippen molar-refractivity contribution in [2.24, 2.45) is 0 Å². The zero-order valence-corrected chi connectivity index (χ0v) is 17.0. The fourth-order valence-corrected chi connectivity index (χ4v) is 4.20. The highest BCUT2D eigenvalue weighted by molar-refractivity contribution is 7.19. The molecular formula is C20H17F2N3OS2. The van der Waals surface area contributed by atoms with E-state index >= 15 is 0 Å². The second-order valence-electron chi connectivity index (χ2n) is 5.57. The van der Waals surface area contributed by atoms with Crippen LogP contribution in [0.3, 0.4) is 0 Å². The molecule has 0 unspecified atom stereocenters. The molecule has 0 radical (unpaired) electrons. The number of aromatic nitrogens is 2. The zero-order chi connectivity index (χ0) is 20.3. The number of amides is 1. The molecular weight excluding hydrogens is 400 g/mol. The van der Waals surface area contributed by atoms with E-state index in [1.807, 2.05) is 32.9 Å². The van der Waals surface area contributed by atoms with Crippen molar-refractivity contribution in [1.29, 1.82) is 0 Å². The SMILES string of the molecule is CC.Cc1cc2ncsc2cc1-c1cnc(NC(=O)c2c(F)cccc2F)s1. The number of thiazole rings is 2. The first kappa shape index (κ1) is 20.0. The summed E-state index contributed by atoms with van der Waals surface area (Å²) in [7, 11) is 0. The Balaban J connectivity index is 0.00000109. The third kappa shape index (κ3) is 3.93. The minimum absolute atomic E-state index is 0.274. The summed E-state index contributed by atoms with van der Waals surface area (Å²) in [6, 6.07) is 7.31. The van der Waals surface area contributed by atoms with Crippen LogP contribution in [0.25, 0.3) is 20.7 Å². The molecule has 1 amide bonds. The van der Waals surface area contributed by atoms with Gasteiger partial charge in [0.25, 0.3) is 5.91 Å². The van der Waals surface area contributed by atoms with E-state index in [0.29, 0.717) is 0 Å². The Labute approximate surface area is 168 Å². The molecule has 8 heteroatoms. The molecule has 2 aromatic carbocycles. The molecule has 1 N–H and O–H groups in total. The summed E-state index contributed by atoms with van der Waals surface area (Å²) in [6.07, 6.45) is 1.63. The lowest BCUT2D eigenvalue weighted by molar-refractivity contribution is 0.101. The van der Waals surface area contributed by atoms with Gasteiger partial charge in [-0.2, -0.15) is 0 Å². The number of rotatable bonds is 3. The number of aryl methyl sites for hydroxylation is 1. The number of nitrogens with one attached hydrogen (secondary N) is 1. The third-order valence-electron chi connectivity index (χ3n) is 3.86. The van der Waals surface area contributed by atoms with Crippen molar-refractivity contribution < 1.29 is 13.6 Å². The molecule has 2 heterocycles. The molecule has 2 aromatic heterocycles. The average molecular weight is 418 g/mol. The van der Waals surface area contributed by atoms with Crippen LogP contribution >= 0.6 is 22.7 Å². The van der Waals surface area contributed by atoms with Crippen molar-refractivity contribution in [2.45, 2.75) is 20.8 Å². The van der Waals surface area contributed by atoms with Gasteiger partial charge in [-0.1, -0.05) is 31.3 Å². The zero-order valence-electron chi connectivity index (χ0n) is 15.4. The quantitative estimate of drug-likeness (QED) is 0.426. The van der Waals surface area contributed by atoms with Crippen LogP contribution in [0.5, 0.6) is 0 Å². The maximum Gasteiger partial charge on any atom is 0.263 e. The van der Waals surface area contributed by atoms with Gasteiger partial charge in [-0.3, -0.25) is 10.1 Å². The number of carbonyl (C=O) groups is 1. The summed E-state index contributed by atoms with van der Waals surface area (Å²) in [6.45, 7) is 5.97. The van der Waals surface area contributed by atoms with Gasteiger partial charge < -0.3 is 0 Å². The number of fused-ring (bicyclic) bond motifs is 1. The lowest BCUT2D eigenvalue weighted by atomic mass is 10.1. The summed E-state index contributed by atoms with van der Waals surface area (Å²) in [5, 5.41) is 2.73. The van der Waals surface area contributed by atoms with Crippen molar-refractivity contribution in [3.05, 3.63) is 64.8 Å². The maximum absolute atomic E-state index is 13.7. The topological polar surface area (TPSA) is 54.9 Å². The van der Waals surface area contributed by atoms with E-state index in [9.17, 15) is 13.6 Å². The Hall–Kier alpha value is -2.71. The molecule has 28 heavy (non-hydrogen) atoms. The van der Waals surface area contributed by atoms with Crippen LogP contribution in [0.2, 0.25) is 0 Å². The smallest absolute Gasteiger partial charge is 0.263 e. The Morgan fingerprint density at radius 3 is 2.54 bits per heavy atom. The van der Waals surface area contributed by atoms with E-state index < -0.39 is 23.1 Å². The predicted octanol–water partition coefficient (Wildman–Crippen LogP) is 6.28. The van der Waals surface area contributed by atoms with Gasteiger partial charge in [-0.15, -0.1) is 11.3 Å². The van der Waals surface area contributed by atoms with Crippen LogP contribution in [0.15, 0.2) is 42.0 Å². The number of benzene rings is 2. The highest BCUT2D eigenvalue weighted by Gasteiger charge is 2.18. The first-order chi connectivity index (χ1) is 13.5. The Morgan fingerprint density at radius 2 is 1.82 bits per heavy atom. The molecule has 4 aromatic rings. The van der Waals surface area contributed by atoms with Crippen LogP contribution in [-0.2, 0) is 0 Å². The Morgan fingerprint density at radius 1 is 1.11 bits per heavy atom. The van der Waals surface area contributed by atoms with Gasteiger partial charge in [0.05, 0.1) is 20.6 Å². The van der Waals surface area contributed by atoms with Crippen LogP contribution in [0, 0.1) is 18.6 Å². The summed E-state index contributed by atoms with van der Waals surface area (Å²) >= 11 is 2.79. The van der Waals surface area contributed by atoms with Gasteiger partial charge in [0.1, 0.15) is 17.2 Å². The van der Waals surface area contributed by atoms with Crippen molar-refractivity contribution in [2.75, 3.05) is 5.32 Å². The summed E-state index contributed by atoms with van der Waals surface area (Å²) < 4.78 is 28.5. The number of nitrogens with zero attached hydrogens (tertiary/aromatic N) is 2. The normalized spacial score (nSPS) is 10.5. The van der Waals surface area contributed by atoms with E-state index in [2.05, 4.69) is 15.3 Å². The van der Waals surface area contributed by atoms with Crippen LogP contribution in [0.4, 0.5) is 13.9 Å². The van der Waals surface area contributed by atoms with Crippen molar-refractivity contribution >= 4 is 43.9 Å². The van der Waals surface area contributed by atoms with Crippen molar-refractivity contribution in [3.8, 4) is 10.4 Å². The highest BCUT2D eigenvalue weighted by Crippen LogP contribution is 2.34. The molecule has 0 bridgehead atoms. The first-order valence-electron chi connectivity index (χ1n) is 8.58. The molecule has 0 atom stereocenters. The van der Waals surface area contributed by atoms with Crippen molar-refractivity contribution in [3.63, 3.8) is 0 Å². The molecule has 4 nitrogen and oxygen atoms in total. The number of carbonyl (C=O) groups excluding carboxylic acids is 1. The van der Waals surface area contributed by atoms with E-state index in [0.717, 1.165) is 38.4 Å². The van der Waals surface area contributed by atoms with Gasteiger partial charge in [-0.05, 0) is 42.3 Å². The van der Waals surface area contributed by atoms with E-state index in [4.69, 9.17) is 0 Å². The number of hydrogen-bond acceptors (Lipinski definition) is 5. The highest BCUT2D eigenvalue weighted by atomic mass is 32.1. The molecule has 0 aliphatic carbocycles. The monoisotopic (exact) mass is 417 g/mol. The predicted molar refractivity (Wildman–Crippen MR) is 111 cm³/mol. The lowest BCUT2D eigenvalue weighted by Crippen LogP contribution is -2.15. The fourth-order valence-electron chi connectivity index (χ4n) is 2.60. The number of anilines is 1. The molecule has 144 valence electrons. The average Bonchev–Trinajstić information content (AvgIpc) is 3.31. The largest absolute Gasteiger partial charge is 0.298 e. The van der Waals surface area contributed by atoms with Gasteiger partial charge in [0, 0.05) is 6.20 Å². The molecule has 0 spiro atoms. The molecule has 4 rings (SSSR count). The van der Waals surface area contributed by atoms with E-state index in [-0.39, 0.29) is 5.13 Å². The molecule has 0 aliphatic heterocycles. The van der Waals surface area contributed by atoms with Gasteiger partial charge in [0.2, 0.25) is 0 Å². The second kappa shape index (κ2) is 8.53. The third-order valence-corrected chi connectivity index (χ3v) is 5.60. The summed E-state index contributed by atoms with van der Waals surface area (Å²) in [4.78, 5) is 21.5. The number of halogens is 2. The van der Waals surface area contributed by atoms with Gasteiger partial charge in [-0.25, -0.2) is 18.7 Å². The van der Waals surface area contributed by atoms with Crippen LogP contribution < -0.4 is 5.32 Å². The minimum Gasteiger partial charge on any atom is -0.298 e. The molecule has 0 fully saturated rings. The summed E-state index contributed by atoms with van der Waals surface area (Å²) in [5.74, 6) is -2.69. The van der Waals surface area contributed by atoms with Crippen LogP contribution in [-0.4, -0.2) is 15.9 Å². The molecule has 0 saturated carbocycles.